The molecule has 0 aromatic carbocycles. The van der Waals surface area contributed by atoms with Gasteiger partial charge in [-0.3, -0.25) is 24.0 Å². The van der Waals surface area contributed by atoms with E-state index < -0.39 is 72.6 Å². The second kappa shape index (κ2) is 14.0. The molecule has 188 valence electrons. The molecule has 0 aromatic heterocycles. The van der Waals surface area contributed by atoms with Crippen LogP contribution in [0.15, 0.2) is 0 Å². The van der Waals surface area contributed by atoms with Crippen LogP contribution in [-0.4, -0.2) is 75.1 Å². The zero-order chi connectivity index (χ0) is 25.9. The van der Waals surface area contributed by atoms with Gasteiger partial charge < -0.3 is 37.0 Å². The number of nitrogens with two attached hydrogens (primary N) is 1. The predicted octanol–water partition coefficient (Wildman–Crippen LogP) is -1.11. The highest BCUT2D eigenvalue weighted by Gasteiger charge is 2.32. The number of aliphatic carboxylic acids is 3. The summed E-state index contributed by atoms with van der Waals surface area (Å²) in [5, 5.41) is 34.0. The summed E-state index contributed by atoms with van der Waals surface area (Å²) < 4.78 is 0. The topological polar surface area (TPSA) is 225 Å². The van der Waals surface area contributed by atoms with Gasteiger partial charge in [-0.15, -0.1) is 0 Å². The van der Waals surface area contributed by atoms with E-state index in [1.54, 1.807) is 27.7 Å². The van der Waals surface area contributed by atoms with Crippen molar-refractivity contribution in [1.29, 1.82) is 0 Å². The molecule has 0 saturated heterocycles. The van der Waals surface area contributed by atoms with Gasteiger partial charge in [-0.05, 0) is 24.7 Å². The maximum Gasteiger partial charge on any atom is 0.326 e. The fraction of sp³-hybridized carbons (Fsp3) is 0.700. The molecule has 0 aliphatic rings. The number of rotatable bonds is 15. The minimum Gasteiger partial charge on any atom is -0.481 e. The summed E-state index contributed by atoms with van der Waals surface area (Å²) in [6.45, 7) is 7.08. The Hall–Kier alpha value is -3.22. The molecule has 0 spiro atoms. The first kappa shape index (κ1) is 29.8. The van der Waals surface area contributed by atoms with Gasteiger partial charge in [0.05, 0.1) is 18.9 Å². The van der Waals surface area contributed by atoms with E-state index in [0.717, 1.165) is 0 Å². The van der Waals surface area contributed by atoms with Crippen LogP contribution < -0.4 is 21.7 Å². The molecule has 3 amide bonds. The first-order chi connectivity index (χ1) is 15.1. The lowest BCUT2D eigenvalue weighted by Gasteiger charge is -2.26. The van der Waals surface area contributed by atoms with E-state index in [0.29, 0.717) is 0 Å². The third-order valence-electron chi connectivity index (χ3n) is 4.40. The van der Waals surface area contributed by atoms with Crippen molar-refractivity contribution in [2.24, 2.45) is 17.6 Å². The lowest BCUT2D eigenvalue weighted by molar-refractivity contribution is -0.144. The summed E-state index contributed by atoms with van der Waals surface area (Å²) in [6.07, 6.45) is -1.32. The Labute approximate surface area is 191 Å². The number of nitrogens with one attached hydrogen (secondary N) is 3. The molecule has 13 nitrogen and oxygen atoms in total. The van der Waals surface area contributed by atoms with Crippen molar-refractivity contribution in [3.63, 3.8) is 0 Å². The number of hydrogen-bond donors (Lipinski definition) is 7. The van der Waals surface area contributed by atoms with Gasteiger partial charge in [0.15, 0.2) is 0 Å². The molecule has 0 bridgehead atoms. The Balaban J connectivity index is 5.54. The van der Waals surface area contributed by atoms with E-state index in [1.807, 2.05) is 0 Å². The van der Waals surface area contributed by atoms with Crippen molar-refractivity contribution in [2.75, 3.05) is 0 Å². The Kier molecular flexibility index (Phi) is 12.7. The third kappa shape index (κ3) is 12.4. The summed E-state index contributed by atoms with van der Waals surface area (Å²) in [7, 11) is 0. The zero-order valence-corrected chi connectivity index (χ0v) is 19.2. The van der Waals surface area contributed by atoms with Crippen molar-refractivity contribution in [3.05, 3.63) is 0 Å². The second-order valence-corrected chi connectivity index (χ2v) is 8.58. The van der Waals surface area contributed by atoms with E-state index in [1.165, 1.54) is 0 Å². The quantitative estimate of drug-likeness (QED) is 0.151. The van der Waals surface area contributed by atoms with Crippen molar-refractivity contribution in [1.82, 2.24) is 16.0 Å². The lowest BCUT2D eigenvalue weighted by Crippen LogP contribution is -2.57. The molecule has 0 radical (unpaired) electrons. The number of carboxylic acids is 3. The van der Waals surface area contributed by atoms with Gasteiger partial charge >= 0.3 is 17.9 Å². The van der Waals surface area contributed by atoms with E-state index in [2.05, 4.69) is 16.0 Å². The molecular weight excluding hydrogens is 440 g/mol. The first-order valence-corrected chi connectivity index (χ1v) is 10.5. The highest BCUT2D eigenvalue weighted by atomic mass is 16.4. The van der Waals surface area contributed by atoms with Gasteiger partial charge in [0.25, 0.3) is 0 Å². The number of carbonyl (C=O) groups excluding carboxylic acids is 3. The van der Waals surface area contributed by atoms with Crippen LogP contribution in [0.5, 0.6) is 0 Å². The van der Waals surface area contributed by atoms with Crippen LogP contribution in [0, 0.1) is 11.8 Å². The molecule has 0 heterocycles. The molecule has 4 atom stereocenters. The molecule has 0 saturated carbocycles. The number of carbonyl (C=O) groups is 6. The van der Waals surface area contributed by atoms with Crippen LogP contribution >= 0.6 is 0 Å². The second-order valence-electron chi connectivity index (χ2n) is 8.58. The summed E-state index contributed by atoms with van der Waals surface area (Å²) in [4.78, 5) is 70.9. The van der Waals surface area contributed by atoms with Gasteiger partial charge in [-0.2, -0.15) is 0 Å². The van der Waals surface area contributed by atoms with Crippen LogP contribution in [-0.2, 0) is 28.8 Å². The van der Waals surface area contributed by atoms with Gasteiger partial charge in [0, 0.05) is 0 Å². The standard InChI is InChI=1S/C20H34N4O9/c1-9(2)5-12(18(30)24-14(20(32)33)6-10(3)4)23-19(31)13(8-16(27)28)22-17(29)11(21)7-15(25)26/h9-14H,5-8,21H2,1-4H3,(H,22,29)(H,23,31)(H,24,30)(H,25,26)(H,27,28)(H,32,33)/t11-,12-,13-,14-/m0/s1. The first-order valence-electron chi connectivity index (χ1n) is 10.5. The fourth-order valence-corrected chi connectivity index (χ4v) is 2.88. The van der Waals surface area contributed by atoms with E-state index >= 15 is 0 Å². The van der Waals surface area contributed by atoms with Crippen LogP contribution in [0.4, 0.5) is 0 Å². The maximum atomic E-state index is 12.7. The normalized spacial score (nSPS) is 14.6. The Morgan fingerprint density at radius 1 is 0.636 bits per heavy atom. The summed E-state index contributed by atoms with van der Waals surface area (Å²) in [5.74, 6) is -7.00. The van der Waals surface area contributed by atoms with E-state index in [4.69, 9.17) is 15.9 Å². The Bertz CT molecular complexity index is 739. The Morgan fingerprint density at radius 3 is 1.45 bits per heavy atom. The average molecular weight is 475 g/mol. The van der Waals surface area contributed by atoms with Crippen molar-refractivity contribution >= 4 is 35.6 Å². The summed E-state index contributed by atoms with van der Waals surface area (Å²) in [5.41, 5.74) is 5.44. The number of carboxylic acid groups (broad SMARTS) is 3. The average Bonchev–Trinajstić information content (AvgIpc) is 2.64. The molecule has 8 N–H and O–H groups in total. The summed E-state index contributed by atoms with van der Waals surface area (Å²) >= 11 is 0. The van der Waals surface area contributed by atoms with Crippen molar-refractivity contribution < 1.29 is 44.1 Å². The van der Waals surface area contributed by atoms with Gasteiger partial charge in [0.2, 0.25) is 17.7 Å². The Morgan fingerprint density at radius 2 is 1.03 bits per heavy atom. The fourth-order valence-electron chi connectivity index (χ4n) is 2.88. The van der Waals surface area contributed by atoms with Crippen LogP contribution in [0.3, 0.4) is 0 Å². The predicted molar refractivity (Wildman–Crippen MR) is 115 cm³/mol. The summed E-state index contributed by atoms with van der Waals surface area (Å²) in [6, 6.07) is -5.54. The molecule has 0 aliphatic carbocycles. The van der Waals surface area contributed by atoms with Crippen LogP contribution in [0.25, 0.3) is 0 Å². The minimum atomic E-state index is -1.64. The minimum absolute atomic E-state index is 0.0327. The van der Waals surface area contributed by atoms with Gasteiger partial charge in [0.1, 0.15) is 18.1 Å². The highest BCUT2D eigenvalue weighted by Crippen LogP contribution is 2.09. The largest absolute Gasteiger partial charge is 0.481 e. The molecule has 33 heavy (non-hydrogen) atoms. The lowest BCUT2D eigenvalue weighted by atomic mass is 10.00. The van der Waals surface area contributed by atoms with E-state index in [9.17, 15) is 33.9 Å². The molecule has 0 unspecified atom stereocenters. The molecule has 0 rings (SSSR count). The molecule has 0 aliphatic heterocycles. The SMILES string of the molecule is CC(C)C[C@H](NC(=O)[C@H](CC(C)C)NC(=O)[C@H](CC(=O)O)NC(=O)[C@@H](N)CC(=O)O)C(=O)O. The number of amides is 3. The zero-order valence-electron chi connectivity index (χ0n) is 19.2. The van der Waals surface area contributed by atoms with Crippen LogP contribution in [0.1, 0.15) is 53.4 Å². The van der Waals surface area contributed by atoms with Crippen molar-refractivity contribution in [3.8, 4) is 0 Å². The monoisotopic (exact) mass is 474 g/mol. The molecular formula is C20H34N4O9. The van der Waals surface area contributed by atoms with Crippen molar-refractivity contribution in [2.45, 2.75) is 77.5 Å². The maximum absolute atomic E-state index is 12.7. The highest BCUT2D eigenvalue weighted by molar-refractivity contribution is 5.96. The van der Waals surface area contributed by atoms with E-state index in [-0.39, 0.29) is 24.7 Å². The van der Waals surface area contributed by atoms with Gasteiger partial charge in [-0.1, -0.05) is 27.7 Å². The third-order valence-corrected chi connectivity index (χ3v) is 4.40. The van der Waals surface area contributed by atoms with Crippen LogP contribution in [0.2, 0.25) is 0 Å². The molecule has 13 heteroatoms. The smallest absolute Gasteiger partial charge is 0.326 e. The molecule has 0 aromatic rings. The number of hydrogen-bond acceptors (Lipinski definition) is 7. The van der Waals surface area contributed by atoms with Gasteiger partial charge in [-0.25, -0.2) is 4.79 Å². The molecule has 0 fully saturated rings.